The number of aliphatic hydroxyl groups is 1. The normalized spacial score (nSPS) is 11.9. The van der Waals surface area contributed by atoms with Crippen LogP contribution in [-0.2, 0) is 4.74 Å². The topological polar surface area (TPSA) is 91.0 Å². The number of benzene rings is 1. The third-order valence-corrected chi connectivity index (χ3v) is 4.12. The number of carbonyl (C=O) groups is 1. The van der Waals surface area contributed by atoms with E-state index in [0.29, 0.717) is 39.9 Å². The Morgan fingerprint density at radius 2 is 2.04 bits per heavy atom. The van der Waals surface area contributed by atoms with E-state index in [4.69, 9.17) is 19.9 Å². The molecule has 0 amide bonds. The van der Waals surface area contributed by atoms with E-state index in [9.17, 15) is 9.90 Å². The van der Waals surface area contributed by atoms with Gasteiger partial charge in [0.15, 0.2) is 17.8 Å². The predicted molar refractivity (Wildman–Crippen MR) is 91.5 cm³/mol. The number of rotatable bonds is 9. The van der Waals surface area contributed by atoms with Crippen molar-refractivity contribution in [3.63, 3.8) is 0 Å². The Labute approximate surface area is 140 Å². The third kappa shape index (κ3) is 4.89. The number of anilines is 1. The number of ketones is 1. The van der Waals surface area contributed by atoms with Crippen LogP contribution in [0.15, 0.2) is 23.1 Å². The smallest absolute Gasteiger partial charge is 0.176 e. The summed E-state index contributed by atoms with van der Waals surface area (Å²) in [6, 6.07) is 1.60. The van der Waals surface area contributed by atoms with Crippen molar-refractivity contribution in [2.45, 2.75) is 25.0 Å². The van der Waals surface area contributed by atoms with E-state index >= 15 is 0 Å². The van der Waals surface area contributed by atoms with Gasteiger partial charge in [-0.2, -0.15) is 0 Å². The number of nitrogen functional groups attached to an aromatic ring is 1. The van der Waals surface area contributed by atoms with Gasteiger partial charge in [0, 0.05) is 11.3 Å². The van der Waals surface area contributed by atoms with Crippen LogP contribution in [0.2, 0.25) is 0 Å². The number of thioether (sulfide) groups is 1. The Kier molecular flexibility index (Phi) is 7.41. The van der Waals surface area contributed by atoms with Gasteiger partial charge in [0.25, 0.3) is 0 Å². The first-order chi connectivity index (χ1) is 10.8. The second-order valence-corrected chi connectivity index (χ2v) is 5.98. The number of aliphatic hydroxyl groups excluding tert-OH is 1. The molecular formula is C16H23NO5S. The van der Waals surface area contributed by atoms with E-state index in [-0.39, 0.29) is 11.5 Å². The number of hydrogen-bond donors (Lipinski definition) is 2. The summed E-state index contributed by atoms with van der Waals surface area (Å²) in [6.45, 7) is 7.04. The lowest BCUT2D eigenvalue weighted by atomic mass is 10.1. The van der Waals surface area contributed by atoms with E-state index in [1.807, 2.05) is 0 Å². The molecule has 0 aliphatic carbocycles. The van der Waals surface area contributed by atoms with Gasteiger partial charge in [-0.1, -0.05) is 6.58 Å². The summed E-state index contributed by atoms with van der Waals surface area (Å²) in [5.41, 5.74) is 7.20. The molecule has 0 radical (unpaired) electrons. The molecular weight excluding hydrogens is 318 g/mol. The molecule has 6 nitrogen and oxygen atoms in total. The van der Waals surface area contributed by atoms with Gasteiger partial charge in [0.1, 0.15) is 5.75 Å². The van der Waals surface area contributed by atoms with Crippen molar-refractivity contribution in [3.05, 3.63) is 23.8 Å². The van der Waals surface area contributed by atoms with Crippen molar-refractivity contribution >= 4 is 23.2 Å². The predicted octanol–water partition coefficient (Wildman–Crippen LogP) is 2.49. The molecule has 1 aromatic rings. The third-order valence-electron chi connectivity index (χ3n) is 3.07. The summed E-state index contributed by atoms with van der Waals surface area (Å²) in [5, 5.41) is 9.53. The SMILES string of the molecule is C=C(C)C(O)OCCSc1c(OC)cc(C(C)=O)c(N)c1OC. The summed E-state index contributed by atoms with van der Waals surface area (Å²) in [5.74, 6) is 1.28. The number of methoxy groups -OCH3 is 2. The first-order valence-corrected chi connectivity index (χ1v) is 7.95. The second-order valence-electron chi connectivity index (χ2n) is 4.88. The van der Waals surface area contributed by atoms with Gasteiger partial charge < -0.3 is 25.1 Å². The molecule has 0 spiro atoms. The van der Waals surface area contributed by atoms with Crippen LogP contribution in [0.5, 0.6) is 11.5 Å². The quantitative estimate of drug-likeness (QED) is 0.178. The van der Waals surface area contributed by atoms with Crippen LogP contribution in [0.3, 0.4) is 0 Å². The molecule has 128 valence electrons. The first-order valence-electron chi connectivity index (χ1n) is 6.96. The lowest BCUT2D eigenvalue weighted by Gasteiger charge is -2.17. The molecule has 0 aliphatic rings. The van der Waals surface area contributed by atoms with Crippen LogP contribution < -0.4 is 15.2 Å². The summed E-state index contributed by atoms with van der Waals surface area (Å²) in [4.78, 5) is 12.3. The molecule has 0 fully saturated rings. The van der Waals surface area contributed by atoms with Gasteiger partial charge in [-0.3, -0.25) is 4.79 Å². The number of nitrogens with two attached hydrogens (primary N) is 1. The molecule has 1 atom stereocenters. The van der Waals surface area contributed by atoms with Crippen LogP contribution in [0.1, 0.15) is 24.2 Å². The Morgan fingerprint density at radius 3 is 2.52 bits per heavy atom. The summed E-state index contributed by atoms with van der Waals surface area (Å²) >= 11 is 1.40. The van der Waals surface area contributed by atoms with E-state index in [2.05, 4.69) is 6.58 Å². The Balaban J connectivity index is 2.95. The molecule has 1 aromatic carbocycles. The van der Waals surface area contributed by atoms with Gasteiger partial charge in [0.2, 0.25) is 0 Å². The molecule has 7 heteroatoms. The highest BCUT2D eigenvalue weighted by molar-refractivity contribution is 7.99. The van der Waals surface area contributed by atoms with E-state index in [0.717, 1.165) is 0 Å². The molecule has 0 saturated heterocycles. The van der Waals surface area contributed by atoms with E-state index < -0.39 is 6.29 Å². The van der Waals surface area contributed by atoms with Crippen LogP contribution >= 0.6 is 11.8 Å². The zero-order valence-electron chi connectivity index (χ0n) is 13.8. The van der Waals surface area contributed by atoms with Crippen LogP contribution in [0.25, 0.3) is 0 Å². The molecule has 0 heterocycles. The maximum atomic E-state index is 11.7. The average Bonchev–Trinajstić information content (AvgIpc) is 2.50. The lowest BCUT2D eigenvalue weighted by Crippen LogP contribution is -2.14. The number of ether oxygens (including phenoxy) is 3. The monoisotopic (exact) mass is 341 g/mol. The van der Waals surface area contributed by atoms with Gasteiger partial charge in [0.05, 0.1) is 31.4 Å². The van der Waals surface area contributed by atoms with E-state index in [1.54, 1.807) is 13.0 Å². The van der Waals surface area contributed by atoms with Crippen molar-refractivity contribution in [1.82, 2.24) is 0 Å². The second kappa shape index (κ2) is 8.81. The molecule has 0 aliphatic heterocycles. The maximum absolute atomic E-state index is 11.7. The van der Waals surface area contributed by atoms with Crippen molar-refractivity contribution < 1.29 is 24.1 Å². The van der Waals surface area contributed by atoms with Gasteiger partial charge in [-0.05, 0) is 25.5 Å². The Morgan fingerprint density at radius 1 is 1.39 bits per heavy atom. The average molecular weight is 341 g/mol. The van der Waals surface area contributed by atoms with Gasteiger partial charge in [-0.15, -0.1) is 11.8 Å². The molecule has 1 rings (SSSR count). The fraction of sp³-hybridized carbons (Fsp3) is 0.438. The van der Waals surface area contributed by atoms with Gasteiger partial charge >= 0.3 is 0 Å². The first kappa shape index (κ1) is 19.3. The minimum atomic E-state index is -0.982. The summed E-state index contributed by atoms with van der Waals surface area (Å²) in [6.07, 6.45) is -0.982. The Bertz CT molecular complexity index is 588. The number of Topliss-reactive ketones (excluding diaryl/α,β-unsaturated/α-hetero) is 1. The van der Waals surface area contributed by atoms with Gasteiger partial charge in [-0.25, -0.2) is 0 Å². The van der Waals surface area contributed by atoms with E-state index in [1.165, 1.54) is 32.9 Å². The molecule has 0 saturated carbocycles. The summed E-state index contributed by atoms with van der Waals surface area (Å²) < 4.78 is 15.9. The van der Waals surface area contributed by atoms with Crippen molar-refractivity contribution in [3.8, 4) is 11.5 Å². The van der Waals surface area contributed by atoms with Crippen molar-refractivity contribution in [2.75, 3.05) is 32.3 Å². The Hall–Kier alpha value is -1.70. The molecule has 3 N–H and O–H groups in total. The lowest BCUT2D eigenvalue weighted by molar-refractivity contribution is -0.0655. The fourth-order valence-electron chi connectivity index (χ4n) is 1.86. The maximum Gasteiger partial charge on any atom is 0.176 e. The summed E-state index contributed by atoms with van der Waals surface area (Å²) in [7, 11) is 3.00. The highest BCUT2D eigenvalue weighted by Gasteiger charge is 2.20. The van der Waals surface area contributed by atoms with Crippen LogP contribution in [0, 0.1) is 0 Å². The highest BCUT2D eigenvalue weighted by atomic mass is 32.2. The highest BCUT2D eigenvalue weighted by Crippen LogP contribution is 2.43. The van der Waals surface area contributed by atoms with Crippen LogP contribution in [-0.4, -0.2) is 43.8 Å². The van der Waals surface area contributed by atoms with Crippen LogP contribution in [0.4, 0.5) is 5.69 Å². The largest absolute Gasteiger partial charge is 0.495 e. The standard InChI is InChI=1S/C16H23NO5S/c1-9(2)16(19)22-6-7-23-15-12(20-4)8-11(10(3)18)13(17)14(15)21-5/h8,16,19H,1,6-7,17H2,2-5H3. The zero-order chi connectivity index (χ0) is 17.6. The molecule has 1 unspecified atom stereocenters. The van der Waals surface area contributed by atoms with Crippen molar-refractivity contribution in [1.29, 1.82) is 0 Å². The number of carbonyl (C=O) groups excluding carboxylic acids is 1. The number of hydrogen-bond acceptors (Lipinski definition) is 7. The van der Waals surface area contributed by atoms with Crippen molar-refractivity contribution in [2.24, 2.45) is 0 Å². The molecule has 0 bridgehead atoms. The minimum absolute atomic E-state index is 0.163. The minimum Gasteiger partial charge on any atom is -0.495 e. The zero-order valence-corrected chi connectivity index (χ0v) is 14.7. The molecule has 0 aromatic heterocycles. The molecule has 23 heavy (non-hydrogen) atoms. The fourth-order valence-corrected chi connectivity index (χ4v) is 2.85.